The Morgan fingerprint density at radius 3 is 2.08 bits per heavy atom. The molecule has 5 nitrogen and oxygen atoms in total. The van der Waals surface area contributed by atoms with Gasteiger partial charge in [0.25, 0.3) is 5.91 Å². The van der Waals surface area contributed by atoms with Gasteiger partial charge in [-0.05, 0) is 66.9 Å². The van der Waals surface area contributed by atoms with E-state index in [1.807, 2.05) is 30.0 Å². The summed E-state index contributed by atoms with van der Waals surface area (Å²) in [6.45, 7) is 11.1. The summed E-state index contributed by atoms with van der Waals surface area (Å²) in [4.78, 5) is 22.5. The van der Waals surface area contributed by atoms with Crippen molar-refractivity contribution in [1.82, 2.24) is 9.80 Å². The van der Waals surface area contributed by atoms with E-state index in [-0.39, 0.29) is 11.7 Å². The van der Waals surface area contributed by atoms with E-state index in [2.05, 4.69) is 51.7 Å². The fraction of sp³-hybridized carbons (Fsp3) is 0.324. The lowest BCUT2D eigenvalue weighted by Crippen LogP contribution is -2.49. The van der Waals surface area contributed by atoms with Gasteiger partial charge in [0.2, 0.25) is 0 Å². The van der Waals surface area contributed by atoms with Crippen LogP contribution in [0.4, 0.5) is 15.8 Å². The van der Waals surface area contributed by atoms with Crippen molar-refractivity contribution >= 4 is 17.3 Å². The average Bonchev–Trinajstić information content (AvgIpc) is 2.98. The summed E-state index contributed by atoms with van der Waals surface area (Å²) in [5.74, 6) is 5.11. The van der Waals surface area contributed by atoms with Crippen LogP contribution >= 0.6 is 0 Å². The topological polar surface area (TPSA) is 30.0 Å². The highest BCUT2D eigenvalue weighted by Gasteiger charge is 2.26. The molecule has 6 heteroatoms. The third-order valence-corrected chi connectivity index (χ3v) is 8.10. The number of nitrogens with zero attached hydrogens (tertiary/aromatic N) is 4. The predicted octanol–water partition coefficient (Wildman–Crippen LogP) is 4.69. The van der Waals surface area contributed by atoms with Crippen molar-refractivity contribution in [3.05, 3.63) is 93.8 Å². The Hall–Kier alpha value is -4.26. The highest BCUT2D eigenvalue weighted by atomic mass is 19.1. The molecule has 3 aromatic rings. The molecule has 2 saturated heterocycles. The summed E-state index contributed by atoms with van der Waals surface area (Å²) in [6.07, 6.45) is 11.3. The number of amides is 1. The first kappa shape index (κ1) is 27.3. The summed E-state index contributed by atoms with van der Waals surface area (Å²) < 4.78 is 13.6. The van der Waals surface area contributed by atoms with Crippen LogP contribution in [0.5, 0.6) is 0 Å². The number of benzene rings is 3. The maximum Gasteiger partial charge on any atom is 0.254 e. The van der Waals surface area contributed by atoms with Gasteiger partial charge >= 0.3 is 0 Å². The molecule has 0 saturated carbocycles. The molecule has 0 aromatic heterocycles. The van der Waals surface area contributed by atoms with Crippen LogP contribution in [-0.2, 0) is 6.54 Å². The van der Waals surface area contributed by atoms with Crippen molar-refractivity contribution in [3.63, 3.8) is 0 Å². The Balaban J connectivity index is 1.23. The summed E-state index contributed by atoms with van der Waals surface area (Å²) in [5.41, 5.74) is 7.60. The van der Waals surface area contributed by atoms with E-state index < -0.39 is 0 Å². The molecule has 0 atom stereocenters. The molecule has 0 radical (unpaired) electrons. The molecule has 0 unspecified atom stereocenters. The summed E-state index contributed by atoms with van der Waals surface area (Å²) in [5, 5.41) is 0. The maximum absolute atomic E-state index is 13.6. The molecule has 2 aliphatic heterocycles. The minimum Gasteiger partial charge on any atom is -0.368 e. The van der Waals surface area contributed by atoms with Gasteiger partial charge in [0.05, 0.1) is 16.9 Å². The van der Waals surface area contributed by atoms with E-state index in [1.165, 1.54) is 23.3 Å². The maximum atomic E-state index is 13.6. The molecule has 0 bridgehead atoms. The van der Waals surface area contributed by atoms with Gasteiger partial charge in [0, 0.05) is 70.0 Å². The highest BCUT2D eigenvalue weighted by molar-refractivity contribution is 5.96. The van der Waals surface area contributed by atoms with Crippen LogP contribution in [0.3, 0.4) is 0 Å². The first-order chi connectivity index (χ1) is 19.4. The standard InChI is InChI=1S/C34H35FN4O/c1-5-27-9-7-8-10-32(27)37-15-13-36(14-16-37)24-29-23-31(26(4)21-25(29)3)34(40)39-19-17-38(18-20-39)33-12-11-30(35)22-28(33)6-2/h1-2,7-12,21-23H,13-20,24H2,3-4H3. The monoisotopic (exact) mass is 534 g/mol. The molecule has 2 heterocycles. The van der Waals surface area contributed by atoms with Crippen LogP contribution in [0, 0.1) is 44.4 Å². The van der Waals surface area contributed by atoms with Crippen LogP contribution in [0.2, 0.25) is 0 Å². The molecule has 204 valence electrons. The van der Waals surface area contributed by atoms with Crippen molar-refractivity contribution in [1.29, 1.82) is 0 Å². The molecule has 5 rings (SSSR count). The van der Waals surface area contributed by atoms with E-state index >= 15 is 0 Å². The summed E-state index contributed by atoms with van der Waals surface area (Å²) in [6, 6.07) is 16.9. The third-order valence-electron chi connectivity index (χ3n) is 8.10. The Kier molecular flexibility index (Phi) is 8.10. The molecular formula is C34H35FN4O. The normalized spacial score (nSPS) is 16.0. The zero-order chi connectivity index (χ0) is 28.2. The minimum absolute atomic E-state index is 0.0605. The molecule has 0 spiro atoms. The second-order valence-electron chi connectivity index (χ2n) is 10.6. The Morgan fingerprint density at radius 2 is 1.40 bits per heavy atom. The summed E-state index contributed by atoms with van der Waals surface area (Å²) >= 11 is 0. The molecule has 0 aliphatic carbocycles. The number of terminal acetylenes is 2. The predicted molar refractivity (Wildman–Crippen MR) is 160 cm³/mol. The van der Waals surface area contributed by atoms with Gasteiger partial charge in [-0.15, -0.1) is 12.8 Å². The largest absolute Gasteiger partial charge is 0.368 e. The van der Waals surface area contributed by atoms with Gasteiger partial charge in [-0.3, -0.25) is 9.69 Å². The van der Waals surface area contributed by atoms with E-state index in [4.69, 9.17) is 12.8 Å². The second kappa shape index (κ2) is 11.9. The number of halogens is 1. The molecule has 0 N–H and O–H groups in total. The Morgan fingerprint density at radius 1 is 0.775 bits per heavy atom. The second-order valence-corrected chi connectivity index (χ2v) is 10.6. The van der Waals surface area contributed by atoms with Crippen LogP contribution in [0.25, 0.3) is 0 Å². The van der Waals surface area contributed by atoms with Gasteiger partial charge in [0.15, 0.2) is 0 Å². The fourth-order valence-corrected chi connectivity index (χ4v) is 5.78. The molecule has 40 heavy (non-hydrogen) atoms. The molecule has 1 amide bonds. The molecule has 2 fully saturated rings. The number of para-hydroxylation sites is 1. The van der Waals surface area contributed by atoms with Crippen molar-refractivity contribution in [2.24, 2.45) is 0 Å². The van der Waals surface area contributed by atoms with Gasteiger partial charge in [-0.1, -0.05) is 30.0 Å². The smallest absolute Gasteiger partial charge is 0.254 e. The van der Waals surface area contributed by atoms with E-state index in [1.54, 1.807) is 6.07 Å². The van der Waals surface area contributed by atoms with E-state index in [9.17, 15) is 9.18 Å². The van der Waals surface area contributed by atoms with E-state index in [0.717, 1.165) is 60.8 Å². The Labute approximate surface area is 237 Å². The fourth-order valence-electron chi connectivity index (χ4n) is 5.78. The number of rotatable bonds is 5. The van der Waals surface area contributed by atoms with Crippen molar-refractivity contribution in [2.75, 3.05) is 62.2 Å². The van der Waals surface area contributed by atoms with Gasteiger partial charge < -0.3 is 14.7 Å². The minimum atomic E-state index is -0.340. The van der Waals surface area contributed by atoms with Crippen LogP contribution < -0.4 is 9.80 Å². The van der Waals surface area contributed by atoms with Crippen molar-refractivity contribution in [2.45, 2.75) is 20.4 Å². The highest BCUT2D eigenvalue weighted by Crippen LogP contribution is 2.26. The lowest BCUT2D eigenvalue weighted by molar-refractivity contribution is 0.0746. The van der Waals surface area contributed by atoms with Gasteiger partial charge in [-0.25, -0.2) is 4.39 Å². The molecule has 2 aliphatic rings. The lowest BCUT2D eigenvalue weighted by Gasteiger charge is -2.37. The first-order valence-corrected chi connectivity index (χ1v) is 13.8. The quantitative estimate of drug-likeness (QED) is 0.445. The summed E-state index contributed by atoms with van der Waals surface area (Å²) in [7, 11) is 0. The van der Waals surface area contributed by atoms with Crippen molar-refractivity contribution in [3.8, 4) is 24.7 Å². The number of aryl methyl sites for hydroxylation is 2. The van der Waals surface area contributed by atoms with Crippen molar-refractivity contribution < 1.29 is 9.18 Å². The third kappa shape index (κ3) is 5.69. The number of carbonyl (C=O) groups is 1. The van der Waals surface area contributed by atoms with Crippen LogP contribution in [-0.4, -0.2) is 68.1 Å². The van der Waals surface area contributed by atoms with Crippen LogP contribution in [0.1, 0.15) is 38.2 Å². The first-order valence-electron chi connectivity index (χ1n) is 13.8. The SMILES string of the molecule is C#Cc1ccccc1N1CCN(Cc2cc(C(=O)N3CCN(c4ccc(F)cc4C#C)CC3)c(C)cc2C)CC1. The average molecular weight is 535 g/mol. The lowest BCUT2D eigenvalue weighted by atomic mass is 9.98. The number of hydrogen-bond donors (Lipinski definition) is 0. The van der Waals surface area contributed by atoms with Crippen LogP contribution in [0.15, 0.2) is 54.6 Å². The number of hydrogen-bond acceptors (Lipinski definition) is 4. The number of anilines is 2. The van der Waals surface area contributed by atoms with E-state index in [0.29, 0.717) is 31.7 Å². The molecule has 3 aromatic carbocycles. The van der Waals surface area contributed by atoms with Gasteiger partial charge in [-0.2, -0.15) is 0 Å². The Bertz CT molecular complexity index is 1480. The zero-order valence-corrected chi connectivity index (χ0v) is 23.3. The number of piperazine rings is 2. The molecular weight excluding hydrogens is 499 g/mol. The zero-order valence-electron chi connectivity index (χ0n) is 23.3. The van der Waals surface area contributed by atoms with Gasteiger partial charge in [0.1, 0.15) is 5.82 Å². The number of carbonyl (C=O) groups excluding carboxylic acids is 1.